The van der Waals surface area contributed by atoms with Gasteiger partial charge in [0.1, 0.15) is 0 Å². The molecule has 0 aliphatic heterocycles. The fraction of sp³-hybridized carbons (Fsp3) is 0.250. The second kappa shape index (κ2) is 4.79. The molecule has 0 aliphatic rings. The highest BCUT2D eigenvalue weighted by Gasteiger charge is 2.28. The number of H-pyrrole nitrogens is 1. The Morgan fingerprint density at radius 2 is 2.12 bits per heavy atom. The van der Waals surface area contributed by atoms with E-state index >= 15 is 0 Å². The van der Waals surface area contributed by atoms with Gasteiger partial charge in [-0.25, -0.2) is 5.48 Å². The maximum Gasteiger partial charge on any atom is 0.414 e. The molecule has 88 valence electrons. The standard InChI is InChI=1S/C8H7F3N2O3/c9-8(10,11)4-16-13-7(15)5-1-2-6(14)12-3-5/h1-3H,4H2,(H,12,14)(H,13,15). The number of amides is 1. The SMILES string of the molecule is O=C(NOCC(F)(F)F)c1ccc(=O)[nH]c1. The minimum absolute atomic E-state index is 0.0122. The summed E-state index contributed by atoms with van der Waals surface area (Å²) in [4.78, 5) is 27.9. The van der Waals surface area contributed by atoms with E-state index in [1.807, 2.05) is 0 Å². The van der Waals surface area contributed by atoms with Gasteiger partial charge in [-0.2, -0.15) is 13.2 Å². The van der Waals surface area contributed by atoms with Crippen molar-refractivity contribution in [2.75, 3.05) is 6.61 Å². The maximum atomic E-state index is 11.6. The van der Waals surface area contributed by atoms with Gasteiger partial charge in [0.15, 0.2) is 6.61 Å². The summed E-state index contributed by atoms with van der Waals surface area (Å²) in [6.45, 7) is -1.58. The lowest BCUT2D eigenvalue weighted by atomic mass is 10.3. The van der Waals surface area contributed by atoms with Gasteiger partial charge >= 0.3 is 6.18 Å². The zero-order chi connectivity index (χ0) is 12.2. The number of aromatic amines is 1. The van der Waals surface area contributed by atoms with Crippen molar-refractivity contribution < 1.29 is 22.8 Å². The molecule has 1 heterocycles. The fourth-order valence-electron chi connectivity index (χ4n) is 0.794. The number of hydrogen-bond acceptors (Lipinski definition) is 3. The molecule has 0 atom stereocenters. The summed E-state index contributed by atoms with van der Waals surface area (Å²) in [5.41, 5.74) is 1.16. The van der Waals surface area contributed by atoms with Crippen molar-refractivity contribution in [1.29, 1.82) is 0 Å². The maximum absolute atomic E-state index is 11.6. The van der Waals surface area contributed by atoms with Crippen LogP contribution in [0.2, 0.25) is 0 Å². The van der Waals surface area contributed by atoms with Crippen LogP contribution in [0.4, 0.5) is 13.2 Å². The van der Waals surface area contributed by atoms with Crippen LogP contribution in [0.1, 0.15) is 10.4 Å². The average Bonchev–Trinajstić information content (AvgIpc) is 2.16. The van der Waals surface area contributed by atoms with E-state index in [2.05, 4.69) is 9.82 Å². The monoisotopic (exact) mass is 236 g/mol. The van der Waals surface area contributed by atoms with Gasteiger partial charge in [-0.05, 0) is 6.07 Å². The Bertz CT molecular complexity index is 407. The predicted octanol–water partition coefficient (Wildman–Crippen LogP) is 0.599. The van der Waals surface area contributed by atoms with Crippen LogP contribution in [-0.2, 0) is 4.84 Å². The first-order chi connectivity index (χ1) is 7.38. The Kier molecular flexibility index (Phi) is 3.67. The van der Waals surface area contributed by atoms with Gasteiger partial charge in [0.05, 0.1) is 5.56 Å². The molecular weight excluding hydrogens is 229 g/mol. The molecule has 0 saturated carbocycles. The fourth-order valence-corrected chi connectivity index (χ4v) is 0.794. The first kappa shape index (κ1) is 12.2. The van der Waals surface area contributed by atoms with Crippen molar-refractivity contribution in [2.45, 2.75) is 6.18 Å². The number of carbonyl (C=O) groups excluding carboxylic acids is 1. The molecule has 0 bridgehead atoms. The molecule has 8 heteroatoms. The van der Waals surface area contributed by atoms with Gasteiger partial charge < -0.3 is 4.98 Å². The Labute approximate surface area is 87.2 Å². The lowest BCUT2D eigenvalue weighted by molar-refractivity contribution is -0.184. The van der Waals surface area contributed by atoms with Gasteiger partial charge in [0, 0.05) is 12.3 Å². The molecule has 1 amide bonds. The van der Waals surface area contributed by atoms with Crippen LogP contribution in [-0.4, -0.2) is 23.7 Å². The molecule has 16 heavy (non-hydrogen) atoms. The van der Waals surface area contributed by atoms with Gasteiger partial charge in [-0.1, -0.05) is 0 Å². The number of alkyl halides is 3. The molecule has 2 N–H and O–H groups in total. The molecule has 5 nitrogen and oxygen atoms in total. The van der Waals surface area contributed by atoms with Gasteiger partial charge in [0.25, 0.3) is 5.91 Å². The lowest BCUT2D eigenvalue weighted by Crippen LogP contribution is -2.29. The van der Waals surface area contributed by atoms with Crippen LogP contribution < -0.4 is 11.0 Å². The quantitative estimate of drug-likeness (QED) is 0.755. The van der Waals surface area contributed by atoms with E-state index in [1.54, 1.807) is 5.48 Å². The average molecular weight is 236 g/mol. The van der Waals surface area contributed by atoms with Crippen LogP contribution in [0.25, 0.3) is 0 Å². The highest BCUT2D eigenvalue weighted by atomic mass is 19.4. The minimum Gasteiger partial charge on any atom is -0.328 e. The molecule has 1 aromatic rings. The van der Waals surface area contributed by atoms with Crippen molar-refractivity contribution >= 4 is 5.91 Å². The van der Waals surface area contributed by atoms with Gasteiger partial charge in [-0.3, -0.25) is 14.4 Å². The van der Waals surface area contributed by atoms with Gasteiger partial charge in [-0.15, -0.1) is 0 Å². The van der Waals surface area contributed by atoms with Crippen LogP contribution >= 0.6 is 0 Å². The summed E-state index contributed by atoms with van der Waals surface area (Å²) in [7, 11) is 0. The second-order valence-electron chi connectivity index (χ2n) is 2.78. The summed E-state index contributed by atoms with van der Waals surface area (Å²) < 4.78 is 34.9. The van der Waals surface area contributed by atoms with Crippen molar-refractivity contribution in [3.05, 3.63) is 34.2 Å². The number of carbonyl (C=O) groups is 1. The molecular formula is C8H7F3N2O3. The smallest absolute Gasteiger partial charge is 0.328 e. The van der Waals surface area contributed by atoms with E-state index in [-0.39, 0.29) is 5.56 Å². The van der Waals surface area contributed by atoms with E-state index < -0.39 is 24.2 Å². The Balaban J connectivity index is 2.47. The van der Waals surface area contributed by atoms with Crippen LogP contribution in [0, 0.1) is 0 Å². The first-order valence-corrected chi connectivity index (χ1v) is 4.06. The van der Waals surface area contributed by atoms with E-state index in [0.29, 0.717) is 0 Å². The zero-order valence-electron chi connectivity index (χ0n) is 7.80. The Morgan fingerprint density at radius 1 is 1.44 bits per heavy atom. The number of hydrogen-bond donors (Lipinski definition) is 2. The summed E-state index contributed by atoms with van der Waals surface area (Å²) in [6, 6.07) is 2.23. The van der Waals surface area contributed by atoms with Crippen molar-refractivity contribution in [1.82, 2.24) is 10.5 Å². The Hall–Kier alpha value is -1.83. The molecule has 0 unspecified atom stereocenters. The number of halogens is 3. The summed E-state index contributed by atoms with van der Waals surface area (Å²) >= 11 is 0. The Morgan fingerprint density at radius 3 is 2.62 bits per heavy atom. The number of hydroxylamine groups is 1. The third kappa shape index (κ3) is 4.13. The van der Waals surface area contributed by atoms with E-state index in [0.717, 1.165) is 18.3 Å². The number of aromatic nitrogens is 1. The van der Waals surface area contributed by atoms with Gasteiger partial charge in [0.2, 0.25) is 5.56 Å². The normalized spacial score (nSPS) is 11.2. The zero-order valence-corrected chi connectivity index (χ0v) is 7.80. The largest absolute Gasteiger partial charge is 0.414 e. The number of nitrogens with one attached hydrogen (secondary N) is 2. The highest BCUT2D eigenvalue weighted by Crippen LogP contribution is 2.13. The number of rotatable bonds is 3. The second-order valence-corrected chi connectivity index (χ2v) is 2.78. The van der Waals surface area contributed by atoms with Crippen LogP contribution in [0.5, 0.6) is 0 Å². The number of pyridine rings is 1. The summed E-state index contributed by atoms with van der Waals surface area (Å²) in [5, 5.41) is 0. The molecule has 0 radical (unpaired) electrons. The lowest BCUT2D eigenvalue weighted by Gasteiger charge is -2.07. The molecule has 0 saturated heterocycles. The molecule has 0 aromatic carbocycles. The molecule has 0 spiro atoms. The third-order valence-corrected chi connectivity index (χ3v) is 1.45. The first-order valence-electron chi connectivity index (χ1n) is 4.06. The third-order valence-electron chi connectivity index (χ3n) is 1.45. The molecule has 1 rings (SSSR count). The van der Waals surface area contributed by atoms with Crippen LogP contribution in [0.3, 0.4) is 0 Å². The minimum atomic E-state index is -4.52. The summed E-state index contributed by atoms with van der Waals surface area (Å²) in [6.07, 6.45) is -3.45. The topological polar surface area (TPSA) is 71.2 Å². The van der Waals surface area contributed by atoms with Crippen molar-refractivity contribution in [3.63, 3.8) is 0 Å². The van der Waals surface area contributed by atoms with Crippen molar-refractivity contribution in [2.24, 2.45) is 0 Å². The predicted molar refractivity (Wildman–Crippen MR) is 46.5 cm³/mol. The molecule has 0 fully saturated rings. The summed E-state index contributed by atoms with van der Waals surface area (Å²) in [5.74, 6) is -0.875. The van der Waals surface area contributed by atoms with Crippen molar-refractivity contribution in [3.8, 4) is 0 Å². The molecule has 0 aliphatic carbocycles. The van der Waals surface area contributed by atoms with E-state index in [1.165, 1.54) is 0 Å². The molecule has 1 aromatic heterocycles. The highest BCUT2D eigenvalue weighted by molar-refractivity contribution is 5.92. The van der Waals surface area contributed by atoms with Crippen LogP contribution in [0.15, 0.2) is 23.1 Å². The van der Waals surface area contributed by atoms with E-state index in [9.17, 15) is 22.8 Å². The van der Waals surface area contributed by atoms with E-state index in [4.69, 9.17) is 0 Å².